The van der Waals surface area contributed by atoms with E-state index in [1.165, 1.54) is 32.1 Å². The van der Waals surface area contributed by atoms with Gasteiger partial charge in [-0.3, -0.25) is 0 Å². The summed E-state index contributed by atoms with van der Waals surface area (Å²) in [5.74, 6) is 8.05. The fourth-order valence-corrected chi connectivity index (χ4v) is 9.28. The fourth-order valence-electron chi connectivity index (χ4n) is 9.28. The Bertz CT molecular complexity index is 462. The van der Waals surface area contributed by atoms with Gasteiger partial charge in [-0.05, 0) is 103 Å². The number of hydrogen-bond acceptors (Lipinski definition) is 0. The molecular weight excluding hydrogens is 288 g/mol. The van der Waals surface area contributed by atoms with E-state index < -0.39 is 0 Å². The highest BCUT2D eigenvalue weighted by Gasteiger charge is 2.62. The molecule has 0 amide bonds. The summed E-state index contributed by atoms with van der Waals surface area (Å²) in [5.41, 5.74) is 1.33. The van der Waals surface area contributed by atoms with Crippen LogP contribution in [0.4, 0.5) is 0 Å². The van der Waals surface area contributed by atoms with Crippen LogP contribution in [0.15, 0.2) is 0 Å². The van der Waals surface area contributed by atoms with Crippen LogP contribution in [0.2, 0.25) is 0 Å². The van der Waals surface area contributed by atoms with Crippen molar-refractivity contribution in [1.82, 2.24) is 0 Å². The van der Waals surface area contributed by atoms with E-state index in [0.29, 0.717) is 10.8 Å². The quantitative estimate of drug-likeness (QED) is 0.477. The second-order valence-corrected chi connectivity index (χ2v) is 11.2. The van der Waals surface area contributed by atoms with Crippen molar-refractivity contribution in [1.29, 1.82) is 0 Å². The normalized spacial score (nSPS) is 60.2. The SMILES string of the molecule is CCC1C(C)CC2(C)C1CCC1C2CCC2C(C)C(C)CCC21C. The molecule has 10 atom stereocenters. The molecule has 4 saturated carbocycles. The van der Waals surface area contributed by atoms with Crippen molar-refractivity contribution in [2.24, 2.45) is 58.2 Å². The minimum absolute atomic E-state index is 0.663. The lowest BCUT2D eigenvalue weighted by Crippen LogP contribution is -2.56. The maximum atomic E-state index is 2.74. The number of rotatable bonds is 1. The Balaban J connectivity index is 1.65. The van der Waals surface area contributed by atoms with Crippen LogP contribution in [-0.4, -0.2) is 0 Å². The number of hydrogen-bond donors (Lipinski definition) is 0. The van der Waals surface area contributed by atoms with E-state index in [0.717, 1.165) is 47.3 Å². The van der Waals surface area contributed by atoms with Crippen molar-refractivity contribution < 1.29 is 0 Å². The summed E-state index contributed by atoms with van der Waals surface area (Å²) < 4.78 is 0. The van der Waals surface area contributed by atoms with Crippen molar-refractivity contribution in [3.8, 4) is 0 Å². The van der Waals surface area contributed by atoms with Gasteiger partial charge < -0.3 is 0 Å². The van der Waals surface area contributed by atoms with Crippen LogP contribution in [0.5, 0.6) is 0 Å². The van der Waals surface area contributed by atoms with Gasteiger partial charge in [-0.15, -0.1) is 0 Å². The maximum absolute atomic E-state index is 2.74. The van der Waals surface area contributed by atoms with E-state index >= 15 is 0 Å². The summed E-state index contributed by atoms with van der Waals surface area (Å²) in [7, 11) is 0. The molecule has 4 aliphatic rings. The average Bonchev–Trinajstić information content (AvgIpc) is 2.81. The summed E-state index contributed by atoms with van der Waals surface area (Å²) >= 11 is 0. The summed E-state index contributed by atoms with van der Waals surface area (Å²) in [5, 5.41) is 0. The highest BCUT2D eigenvalue weighted by atomic mass is 14.7. The molecule has 0 aliphatic heterocycles. The van der Waals surface area contributed by atoms with Gasteiger partial charge in [-0.1, -0.05) is 48.0 Å². The molecule has 0 bridgehead atoms. The molecule has 0 aromatic rings. The third kappa shape index (κ3) is 2.16. The zero-order valence-electron chi connectivity index (χ0n) is 17.3. The molecule has 0 aromatic heterocycles. The molecule has 0 spiro atoms. The van der Waals surface area contributed by atoms with Crippen LogP contribution in [0, 0.1) is 58.2 Å². The smallest absolute Gasteiger partial charge is 0.0261 e. The van der Waals surface area contributed by atoms with E-state index in [1.807, 2.05) is 0 Å². The van der Waals surface area contributed by atoms with Gasteiger partial charge in [0.05, 0.1) is 0 Å². The molecule has 138 valence electrons. The first kappa shape index (κ1) is 17.4. The minimum Gasteiger partial charge on any atom is -0.0651 e. The van der Waals surface area contributed by atoms with Crippen LogP contribution >= 0.6 is 0 Å². The van der Waals surface area contributed by atoms with E-state index in [9.17, 15) is 0 Å². The molecule has 0 nitrogen and oxygen atoms in total. The van der Waals surface area contributed by atoms with Gasteiger partial charge in [-0.25, -0.2) is 0 Å². The molecule has 4 aliphatic carbocycles. The highest BCUT2D eigenvalue weighted by molar-refractivity contribution is 5.11. The standard InChI is InChI=1S/C24H42/c1-7-18-16(3)14-24(6)20(18)9-11-21-22(24)10-8-19-17(4)15(2)12-13-23(19,21)5/h15-22H,7-14H2,1-6H3. The predicted octanol–water partition coefficient (Wildman–Crippen LogP) is 7.18. The monoisotopic (exact) mass is 330 g/mol. The summed E-state index contributed by atoms with van der Waals surface area (Å²) in [6.07, 6.45) is 12.2. The first-order chi connectivity index (χ1) is 11.3. The van der Waals surface area contributed by atoms with Crippen molar-refractivity contribution in [3.05, 3.63) is 0 Å². The molecule has 4 fully saturated rings. The van der Waals surface area contributed by atoms with Gasteiger partial charge in [0, 0.05) is 0 Å². The Kier molecular flexibility index (Phi) is 4.17. The van der Waals surface area contributed by atoms with Crippen LogP contribution in [0.25, 0.3) is 0 Å². The lowest BCUT2D eigenvalue weighted by atomic mass is 9.42. The molecular formula is C24H42. The van der Waals surface area contributed by atoms with Crippen molar-refractivity contribution >= 4 is 0 Å². The Labute approximate surface area is 151 Å². The first-order valence-corrected chi connectivity index (χ1v) is 11.3. The van der Waals surface area contributed by atoms with Crippen LogP contribution in [-0.2, 0) is 0 Å². The average molecular weight is 331 g/mol. The lowest BCUT2D eigenvalue weighted by Gasteiger charge is -2.63. The van der Waals surface area contributed by atoms with Crippen molar-refractivity contribution in [3.63, 3.8) is 0 Å². The van der Waals surface area contributed by atoms with Crippen molar-refractivity contribution in [2.75, 3.05) is 0 Å². The summed E-state index contributed by atoms with van der Waals surface area (Å²) in [4.78, 5) is 0. The van der Waals surface area contributed by atoms with Crippen LogP contribution < -0.4 is 0 Å². The second kappa shape index (κ2) is 5.75. The van der Waals surface area contributed by atoms with E-state index in [2.05, 4.69) is 41.5 Å². The Morgan fingerprint density at radius 1 is 0.708 bits per heavy atom. The topological polar surface area (TPSA) is 0 Å². The Hall–Kier alpha value is 0. The minimum atomic E-state index is 0.663. The second-order valence-electron chi connectivity index (χ2n) is 11.2. The summed E-state index contributed by atoms with van der Waals surface area (Å²) in [6.45, 7) is 15.6. The van der Waals surface area contributed by atoms with Gasteiger partial charge in [0.25, 0.3) is 0 Å². The molecule has 10 unspecified atom stereocenters. The lowest BCUT2D eigenvalue weighted by molar-refractivity contribution is -0.143. The van der Waals surface area contributed by atoms with Crippen molar-refractivity contribution in [2.45, 2.75) is 92.9 Å². The summed E-state index contributed by atoms with van der Waals surface area (Å²) in [6, 6.07) is 0. The van der Waals surface area contributed by atoms with Crippen LogP contribution in [0.1, 0.15) is 92.9 Å². The fraction of sp³-hybridized carbons (Fsp3) is 1.00. The molecule has 0 aromatic carbocycles. The zero-order chi connectivity index (χ0) is 17.3. The first-order valence-electron chi connectivity index (χ1n) is 11.3. The van der Waals surface area contributed by atoms with E-state index in [1.54, 1.807) is 19.3 Å². The molecule has 0 N–H and O–H groups in total. The maximum Gasteiger partial charge on any atom is -0.0261 e. The largest absolute Gasteiger partial charge is 0.0651 e. The van der Waals surface area contributed by atoms with Gasteiger partial charge in [0.1, 0.15) is 0 Å². The molecule has 4 rings (SSSR count). The molecule has 24 heavy (non-hydrogen) atoms. The Morgan fingerprint density at radius 3 is 1.96 bits per heavy atom. The van der Waals surface area contributed by atoms with Crippen LogP contribution in [0.3, 0.4) is 0 Å². The zero-order valence-corrected chi connectivity index (χ0v) is 17.3. The van der Waals surface area contributed by atoms with Gasteiger partial charge in [0.2, 0.25) is 0 Å². The van der Waals surface area contributed by atoms with E-state index in [4.69, 9.17) is 0 Å². The Morgan fingerprint density at radius 2 is 1.29 bits per heavy atom. The number of fused-ring (bicyclic) bond motifs is 5. The highest BCUT2D eigenvalue weighted by Crippen LogP contribution is 2.70. The molecule has 0 radical (unpaired) electrons. The molecule has 0 saturated heterocycles. The predicted molar refractivity (Wildman–Crippen MR) is 104 cm³/mol. The third-order valence-corrected chi connectivity index (χ3v) is 10.6. The third-order valence-electron chi connectivity index (χ3n) is 10.6. The van der Waals surface area contributed by atoms with Gasteiger partial charge in [0.15, 0.2) is 0 Å². The van der Waals surface area contributed by atoms with Gasteiger partial charge in [-0.2, -0.15) is 0 Å². The molecule has 0 heteroatoms. The van der Waals surface area contributed by atoms with Gasteiger partial charge >= 0.3 is 0 Å². The van der Waals surface area contributed by atoms with E-state index in [-0.39, 0.29) is 0 Å². The molecule has 0 heterocycles.